The fraction of sp³-hybridized carbons (Fsp3) is 0.632. The van der Waals surface area contributed by atoms with Crippen molar-refractivity contribution in [1.82, 2.24) is 5.32 Å². The van der Waals surface area contributed by atoms with Gasteiger partial charge in [-0.05, 0) is 49.3 Å². The number of benzene rings is 1. The van der Waals surface area contributed by atoms with Gasteiger partial charge in [-0.25, -0.2) is 4.39 Å². The number of thiocarbonyl (C=S) groups is 1. The van der Waals surface area contributed by atoms with E-state index in [2.05, 4.69) is 10.6 Å². The standard InChI is InChI=1S/C19H29FN2S/c20-16-12-14-18(15-13-16)22-19(23)21-17-10-8-6-4-2-1-3-5-7-9-11-17/h12-15,17H,1-11H2,(H2,21,22,23). The fourth-order valence-corrected chi connectivity index (χ4v) is 3.48. The van der Waals surface area contributed by atoms with E-state index >= 15 is 0 Å². The van der Waals surface area contributed by atoms with Gasteiger partial charge in [0.25, 0.3) is 0 Å². The van der Waals surface area contributed by atoms with E-state index in [1.807, 2.05) is 0 Å². The lowest BCUT2D eigenvalue weighted by Gasteiger charge is -2.21. The smallest absolute Gasteiger partial charge is 0.170 e. The summed E-state index contributed by atoms with van der Waals surface area (Å²) in [7, 11) is 0. The van der Waals surface area contributed by atoms with Gasteiger partial charge in [-0.15, -0.1) is 0 Å². The molecule has 1 saturated carbocycles. The molecule has 1 aromatic rings. The Kier molecular flexibility index (Phi) is 8.37. The Morgan fingerprint density at radius 2 is 1.30 bits per heavy atom. The second-order valence-corrected chi connectivity index (χ2v) is 6.97. The fourth-order valence-electron chi connectivity index (χ4n) is 3.19. The minimum Gasteiger partial charge on any atom is -0.360 e. The summed E-state index contributed by atoms with van der Waals surface area (Å²) in [4.78, 5) is 0. The SMILES string of the molecule is Fc1ccc(NC(=S)NC2CCCCCCCCCCC2)cc1. The van der Waals surface area contributed by atoms with E-state index < -0.39 is 0 Å². The average Bonchev–Trinajstić information content (AvgIpc) is 2.52. The largest absolute Gasteiger partial charge is 0.360 e. The predicted octanol–water partition coefficient (Wildman–Crippen LogP) is 5.79. The Labute approximate surface area is 145 Å². The van der Waals surface area contributed by atoms with E-state index in [1.54, 1.807) is 12.1 Å². The summed E-state index contributed by atoms with van der Waals surface area (Å²) >= 11 is 5.42. The summed E-state index contributed by atoms with van der Waals surface area (Å²) < 4.78 is 12.9. The maximum absolute atomic E-state index is 12.9. The quantitative estimate of drug-likeness (QED) is 0.669. The number of rotatable bonds is 2. The molecule has 0 amide bonds. The lowest BCUT2D eigenvalue weighted by atomic mass is 9.98. The van der Waals surface area contributed by atoms with Gasteiger partial charge in [0.2, 0.25) is 0 Å². The highest BCUT2D eigenvalue weighted by Crippen LogP contribution is 2.17. The Bertz CT molecular complexity index is 449. The number of anilines is 1. The van der Waals surface area contributed by atoms with E-state index in [-0.39, 0.29) is 5.82 Å². The van der Waals surface area contributed by atoms with Gasteiger partial charge < -0.3 is 10.6 Å². The van der Waals surface area contributed by atoms with Crippen LogP contribution in [0, 0.1) is 5.82 Å². The van der Waals surface area contributed by atoms with Gasteiger partial charge in [-0.3, -0.25) is 0 Å². The molecule has 0 heterocycles. The van der Waals surface area contributed by atoms with Crippen molar-refractivity contribution >= 4 is 23.0 Å². The van der Waals surface area contributed by atoms with Gasteiger partial charge in [-0.1, -0.05) is 57.8 Å². The third-order valence-electron chi connectivity index (χ3n) is 4.54. The van der Waals surface area contributed by atoms with E-state index in [9.17, 15) is 4.39 Å². The van der Waals surface area contributed by atoms with E-state index in [0.29, 0.717) is 11.2 Å². The first-order chi connectivity index (χ1) is 11.2. The summed E-state index contributed by atoms with van der Waals surface area (Å²) in [6.45, 7) is 0. The molecule has 0 saturated heterocycles. The van der Waals surface area contributed by atoms with Crippen LogP contribution in [0.4, 0.5) is 10.1 Å². The molecule has 1 aliphatic rings. The molecule has 4 heteroatoms. The van der Waals surface area contributed by atoms with Gasteiger partial charge in [-0.2, -0.15) is 0 Å². The van der Waals surface area contributed by atoms with E-state index in [1.165, 1.54) is 82.8 Å². The van der Waals surface area contributed by atoms with Crippen LogP contribution in [0.25, 0.3) is 0 Å². The summed E-state index contributed by atoms with van der Waals surface area (Å²) in [5, 5.41) is 7.26. The van der Waals surface area contributed by atoms with Gasteiger partial charge in [0, 0.05) is 11.7 Å². The third-order valence-corrected chi connectivity index (χ3v) is 4.76. The summed E-state index contributed by atoms with van der Waals surface area (Å²) in [6, 6.07) is 6.77. The first-order valence-electron chi connectivity index (χ1n) is 9.07. The van der Waals surface area contributed by atoms with Crippen molar-refractivity contribution in [3.05, 3.63) is 30.1 Å². The van der Waals surface area contributed by atoms with Crippen LogP contribution < -0.4 is 10.6 Å². The van der Waals surface area contributed by atoms with Crippen molar-refractivity contribution in [3.8, 4) is 0 Å². The molecular formula is C19H29FN2S. The second-order valence-electron chi connectivity index (χ2n) is 6.56. The minimum atomic E-state index is -0.228. The van der Waals surface area contributed by atoms with Crippen LogP contribution in [0.1, 0.15) is 70.6 Å². The zero-order valence-electron chi connectivity index (χ0n) is 14.0. The molecule has 0 aliphatic heterocycles. The summed E-state index contributed by atoms with van der Waals surface area (Å²) in [5.74, 6) is -0.228. The Morgan fingerprint density at radius 1 is 0.826 bits per heavy atom. The molecule has 0 aromatic heterocycles. The number of hydrogen-bond acceptors (Lipinski definition) is 1. The van der Waals surface area contributed by atoms with Crippen molar-refractivity contribution in [1.29, 1.82) is 0 Å². The highest BCUT2D eigenvalue weighted by Gasteiger charge is 2.11. The molecule has 0 unspecified atom stereocenters. The summed E-state index contributed by atoms with van der Waals surface area (Å²) in [5.41, 5.74) is 0.831. The van der Waals surface area contributed by atoms with Crippen LogP contribution in [-0.4, -0.2) is 11.2 Å². The number of nitrogens with one attached hydrogen (secondary N) is 2. The van der Waals surface area contributed by atoms with Crippen LogP contribution in [0.3, 0.4) is 0 Å². The molecular weight excluding hydrogens is 307 g/mol. The summed E-state index contributed by atoms with van der Waals surface area (Å²) in [6.07, 6.45) is 14.5. The third kappa shape index (κ3) is 7.78. The Balaban J connectivity index is 1.79. The van der Waals surface area contributed by atoms with Crippen molar-refractivity contribution in [2.45, 2.75) is 76.7 Å². The molecule has 2 nitrogen and oxygen atoms in total. The highest BCUT2D eigenvalue weighted by molar-refractivity contribution is 7.80. The van der Waals surface area contributed by atoms with Gasteiger partial charge >= 0.3 is 0 Å². The first-order valence-corrected chi connectivity index (χ1v) is 9.48. The van der Waals surface area contributed by atoms with Gasteiger partial charge in [0.05, 0.1) is 0 Å². The van der Waals surface area contributed by atoms with E-state index in [4.69, 9.17) is 12.2 Å². The predicted molar refractivity (Wildman–Crippen MR) is 100 cm³/mol. The van der Waals surface area contributed by atoms with Crippen LogP contribution in [0.5, 0.6) is 0 Å². The molecule has 0 spiro atoms. The van der Waals surface area contributed by atoms with Crippen LogP contribution in [0.15, 0.2) is 24.3 Å². The zero-order valence-corrected chi connectivity index (χ0v) is 14.8. The Hall–Kier alpha value is -1.16. The molecule has 2 rings (SSSR count). The van der Waals surface area contributed by atoms with Crippen molar-refractivity contribution in [2.24, 2.45) is 0 Å². The number of hydrogen-bond donors (Lipinski definition) is 2. The molecule has 0 radical (unpaired) electrons. The monoisotopic (exact) mass is 336 g/mol. The number of halogens is 1. The lowest BCUT2D eigenvalue weighted by Crippen LogP contribution is -2.37. The van der Waals surface area contributed by atoms with Crippen molar-refractivity contribution in [2.75, 3.05) is 5.32 Å². The van der Waals surface area contributed by atoms with E-state index in [0.717, 1.165) is 5.69 Å². The van der Waals surface area contributed by atoms with Crippen LogP contribution in [0.2, 0.25) is 0 Å². The molecule has 0 bridgehead atoms. The molecule has 1 aromatic carbocycles. The van der Waals surface area contributed by atoms with Crippen LogP contribution in [-0.2, 0) is 0 Å². The molecule has 2 N–H and O–H groups in total. The second kappa shape index (κ2) is 10.6. The van der Waals surface area contributed by atoms with Crippen LogP contribution >= 0.6 is 12.2 Å². The molecule has 0 atom stereocenters. The lowest BCUT2D eigenvalue weighted by molar-refractivity contribution is 0.444. The normalized spacial score (nSPS) is 18.5. The molecule has 1 fully saturated rings. The maximum Gasteiger partial charge on any atom is 0.170 e. The maximum atomic E-state index is 12.9. The van der Waals surface area contributed by atoms with Crippen molar-refractivity contribution < 1.29 is 4.39 Å². The van der Waals surface area contributed by atoms with Crippen molar-refractivity contribution in [3.63, 3.8) is 0 Å². The van der Waals surface area contributed by atoms with Gasteiger partial charge in [0.1, 0.15) is 5.82 Å². The minimum absolute atomic E-state index is 0.228. The Morgan fingerprint density at radius 3 is 1.83 bits per heavy atom. The highest BCUT2D eigenvalue weighted by atomic mass is 32.1. The topological polar surface area (TPSA) is 24.1 Å². The molecule has 1 aliphatic carbocycles. The first kappa shape index (κ1) is 18.2. The van der Waals surface area contributed by atoms with Gasteiger partial charge in [0.15, 0.2) is 5.11 Å². The average molecular weight is 337 g/mol. The zero-order chi connectivity index (χ0) is 16.3. The molecule has 128 valence electrons. The molecule has 23 heavy (non-hydrogen) atoms.